The van der Waals surface area contributed by atoms with Crippen LogP contribution >= 0.6 is 0 Å². The summed E-state index contributed by atoms with van der Waals surface area (Å²) in [6.07, 6.45) is 1.56. The molecule has 0 aliphatic carbocycles. The Balaban J connectivity index is 2.57. The molecular weight excluding hydrogens is 156 g/mol. The largest absolute Gasteiger partial charge is 0.368 e. The van der Waals surface area contributed by atoms with Gasteiger partial charge in [-0.2, -0.15) is 0 Å². The van der Waals surface area contributed by atoms with Crippen LogP contribution in [-0.2, 0) is 11.3 Å². The van der Waals surface area contributed by atoms with Gasteiger partial charge in [-0.15, -0.1) is 0 Å². The normalized spacial score (nSPS) is 9.42. The van der Waals surface area contributed by atoms with Crippen LogP contribution in [0.3, 0.4) is 0 Å². The van der Waals surface area contributed by atoms with E-state index < -0.39 is 0 Å². The standard InChI is InChI=1S/C7H10N4O/c1-5(12)10-4-6-2-3-9-7(8)11-6/h2-3H,4H2,1H3,(H,10,12)(H2,8,9,11). The van der Waals surface area contributed by atoms with Gasteiger partial charge in [-0.3, -0.25) is 4.79 Å². The van der Waals surface area contributed by atoms with Crippen molar-refractivity contribution in [3.63, 3.8) is 0 Å². The van der Waals surface area contributed by atoms with Crippen molar-refractivity contribution in [3.8, 4) is 0 Å². The summed E-state index contributed by atoms with van der Waals surface area (Å²) in [6, 6.07) is 1.70. The number of nitrogens with one attached hydrogen (secondary N) is 1. The fraction of sp³-hybridized carbons (Fsp3) is 0.286. The van der Waals surface area contributed by atoms with Gasteiger partial charge >= 0.3 is 0 Å². The number of carbonyl (C=O) groups excluding carboxylic acids is 1. The molecule has 12 heavy (non-hydrogen) atoms. The molecule has 5 nitrogen and oxygen atoms in total. The maximum absolute atomic E-state index is 10.5. The van der Waals surface area contributed by atoms with E-state index in [4.69, 9.17) is 5.73 Å². The van der Waals surface area contributed by atoms with Gasteiger partial charge < -0.3 is 11.1 Å². The number of anilines is 1. The minimum atomic E-state index is -0.0906. The number of hydrogen-bond acceptors (Lipinski definition) is 4. The highest BCUT2D eigenvalue weighted by molar-refractivity contribution is 5.72. The molecular formula is C7H10N4O. The fourth-order valence-corrected chi connectivity index (χ4v) is 0.726. The topological polar surface area (TPSA) is 80.9 Å². The van der Waals surface area contributed by atoms with Gasteiger partial charge in [0.15, 0.2) is 0 Å². The molecule has 0 aromatic carbocycles. The predicted octanol–water partition coefficient (Wildman–Crippen LogP) is -0.305. The molecule has 0 bridgehead atoms. The minimum Gasteiger partial charge on any atom is -0.368 e. The van der Waals surface area contributed by atoms with Gasteiger partial charge in [0.2, 0.25) is 11.9 Å². The lowest BCUT2D eigenvalue weighted by Gasteiger charge is -2.00. The zero-order valence-corrected chi connectivity index (χ0v) is 6.74. The summed E-state index contributed by atoms with van der Waals surface area (Å²) in [6.45, 7) is 1.84. The number of hydrogen-bond donors (Lipinski definition) is 2. The zero-order valence-electron chi connectivity index (χ0n) is 6.74. The van der Waals surface area contributed by atoms with E-state index >= 15 is 0 Å². The van der Waals surface area contributed by atoms with Crippen molar-refractivity contribution in [1.82, 2.24) is 15.3 Å². The molecule has 1 heterocycles. The number of nitrogens with zero attached hydrogens (tertiary/aromatic N) is 2. The first-order valence-electron chi connectivity index (χ1n) is 3.50. The smallest absolute Gasteiger partial charge is 0.220 e. The second kappa shape index (κ2) is 3.66. The molecule has 1 aromatic heterocycles. The molecule has 3 N–H and O–H groups in total. The molecule has 0 fully saturated rings. The van der Waals surface area contributed by atoms with Gasteiger partial charge in [-0.25, -0.2) is 9.97 Å². The molecule has 0 aliphatic rings. The van der Waals surface area contributed by atoms with Gasteiger partial charge in [-0.05, 0) is 6.07 Å². The Morgan fingerprint density at radius 3 is 3.08 bits per heavy atom. The SMILES string of the molecule is CC(=O)NCc1ccnc(N)n1. The second-order valence-electron chi connectivity index (χ2n) is 2.32. The Hall–Kier alpha value is -1.65. The summed E-state index contributed by atoms with van der Waals surface area (Å²) in [7, 11) is 0. The van der Waals surface area contributed by atoms with Crippen molar-refractivity contribution in [3.05, 3.63) is 18.0 Å². The van der Waals surface area contributed by atoms with Crippen LogP contribution in [0.25, 0.3) is 0 Å². The van der Waals surface area contributed by atoms with Crippen LogP contribution in [0.5, 0.6) is 0 Å². The van der Waals surface area contributed by atoms with Crippen LogP contribution in [0.2, 0.25) is 0 Å². The van der Waals surface area contributed by atoms with Crippen LogP contribution in [0.15, 0.2) is 12.3 Å². The lowest BCUT2D eigenvalue weighted by atomic mass is 10.4. The number of carbonyl (C=O) groups is 1. The van der Waals surface area contributed by atoms with E-state index in [0.29, 0.717) is 12.2 Å². The van der Waals surface area contributed by atoms with Crippen molar-refractivity contribution in [2.24, 2.45) is 0 Å². The number of nitrogens with two attached hydrogens (primary N) is 1. The number of amides is 1. The fourth-order valence-electron chi connectivity index (χ4n) is 0.726. The Bertz CT molecular complexity index is 286. The summed E-state index contributed by atoms with van der Waals surface area (Å²) in [4.78, 5) is 18.1. The van der Waals surface area contributed by atoms with Crippen LogP contribution in [0.1, 0.15) is 12.6 Å². The molecule has 64 valence electrons. The van der Waals surface area contributed by atoms with E-state index in [9.17, 15) is 4.79 Å². The molecule has 1 aromatic rings. The number of rotatable bonds is 2. The quantitative estimate of drug-likeness (QED) is 0.631. The van der Waals surface area contributed by atoms with Crippen molar-refractivity contribution >= 4 is 11.9 Å². The Kier molecular flexibility index (Phi) is 2.57. The molecule has 0 saturated heterocycles. The van der Waals surface area contributed by atoms with Crippen molar-refractivity contribution < 1.29 is 4.79 Å². The number of nitrogen functional groups attached to an aromatic ring is 1. The summed E-state index contributed by atoms with van der Waals surface area (Å²) < 4.78 is 0. The first-order chi connectivity index (χ1) is 5.68. The second-order valence-corrected chi connectivity index (χ2v) is 2.32. The average molecular weight is 166 g/mol. The summed E-state index contributed by atoms with van der Waals surface area (Å²) in [5.41, 5.74) is 6.04. The predicted molar refractivity (Wildman–Crippen MR) is 44.0 cm³/mol. The van der Waals surface area contributed by atoms with E-state index in [1.807, 2.05) is 0 Å². The third-order valence-electron chi connectivity index (χ3n) is 1.25. The Labute approximate surface area is 70.0 Å². The maximum atomic E-state index is 10.5. The zero-order chi connectivity index (χ0) is 8.97. The van der Waals surface area contributed by atoms with E-state index in [2.05, 4.69) is 15.3 Å². The van der Waals surface area contributed by atoms with Crippen molar-refractivity contribution in [2.45, 2.75) is 13.5 Å². The summed E-state index contributed by atoms with van der Waals surface area (Å²) in [5, 5.41) is 2.60. The molecule has 0 spiro atoms. The molecule has 0 unspecified atom stereocenters. The van der Waals surface area contributed by atoms with Gasteiger partial charge in [0.25, 0.3) is 0 Å². The van der Waals surface area contributed by atoms with E-state index in [1.165, 1.54) is 6.92 Å². The van der Waals surface area contributed by atoms with E-state index in [-0.39, 0.29) is 11.9 Å². The molecule has 0 radical (unpaired) electrons. The third-order valence-corrected chi connectivity index (χ3v) is 1.25. The van der Waals surface area contributed by atoms with Gasteiger partial charge in [0.1, 0.15) is 0 Å². The molecule has 1 amide bonds. The Morgan fingerprint density at radius 2 is 2.50 bits per heavy atom. The summed E-state index contributed by atoms with van der Waals surface area (Å²) in [5.74, 6) is 0.130. The molecule has 0 atom stereocenters. The van der Waals surface area contributed by atoms with E-state index in [1.54, 1.807) is 12.3 Å². The highest BCUT2D eigenvalue weighted by Gasteiger charge is 1.96. The van der Waals surface area contributed by atoms with Crippen molar-refractivity contribution in [2.75, 3.05) is 5.73 Å². The minimum absolute atomic E-state index is 0.0906. The van der Waals surface area contributed by atoms with Crippen LogP contribution < -0.4 is 11.1 Å². The average Bonchev–Trinajstić information content (AvgIpc) is 2.01. The molecule has 5 heteroatoms. The molecule has 1 rings (SSSR count). The monoisotopic (exact) mass is 166 g/mol. The highest BCUT2D eigenvalue weighted by Crippen LogP contribution is 1.94. The first kappa shape index (κ1) is 8.45. The highest BCUT2D eigenvalue weighted by atomic mass is 16.1. The van der Waals surface area contributed by atoms with Gasteiger partial charge in [0.05, 0.1) is 12.2 Å². The molecule has 0 aliphatic heterocycles. The summed E-state index contributed by atoms with van der Waals surface area (Å²) >= 11 is 0. The lowest BCUT2D eigenvalue weighted by molar-refractivity contribution is -0.119. The number of aromatic nitrogens is 2. The lowest BCUT2D eigenvalue weighted by Crippen LogP contribution is -2.19. The van der Waals surface area contributed by atoms with Gasteiger partial charge in [0, 0.05) is 13.1 Å². The Morgan fingerprint density at radius 1 is 1.75 bits per heavy atom. The molecule has 0 saturated carbocycles. The van der Waals surface area contributed by atoms with Crippen LogP contribution in [-0.4, -0.2) is 15.9 Å². The first-order valence-corrected chi connectivity index (χ1v) is 3.50. The van der Waals surface area contributed by atoms with E-state index in [0.717, 1.165) is 0 Å². The maximum Gasteiger partial charge on any atom is 0.220 e. The van der Waals surface area contributed by atoms with Crippen LogP contribution in [0, 0.1) is 0 Å². The van der Waals surface area contributed by atoms with Crippen molar-refractivity contribution in [1.29, 1.82) is 0 Å². The third kappa shape index (κ3) is 2.53. The van der Waals surface area contributed by atoms with Crippen LogP contribution in [0.4, 0.5) is 5.95 Å². The van der Waals surface area contributed by atoms with Gasteiger partial charge in [-0.1, -0.05) is 0 Å².